The van der Waals surface area contributed by atoms with Crippen molar-refractivity contribution in [1.29, 1.82) is 0 Å². The van der Waals surface area contributed by atoms with E-state index < -0.39 is 0 Å². The van der Waals surface area contributed by atoms with Crippen LogP contribution in [0.15, 0.2) is 12.2 Å². The van der Waals surface area contributed by atoms with Crippen molar-refractivity contribution in [3.63, 3.8) is 0 Å². The van der Waals surface area contributed by atoms with Gasteiger partial charge in [-0.2, -0.15) is 0 Å². The molecule has 0 atom stereocenters. The molecule has 0 aliphatic heterocycles. The average Bonchev–Trinajstić information content (AvgIpc) is 2.68. The van der Waals surface area contributed by atoms with E-state index in [-0.39, 0.29) is 0 Å². The van der Waals surface area contributed by atoms with Gasteiger partial charge in [0.2, 0.25) is 0 Å². The van der Waals surface area contributed by atoms with Gasteiger partial charge in [0, 0.05) is 0 Å². The van der Waals surface area contributed by atoms with E-state index in [2.05, 4.69) is 26.0 Å². The smallest absolute Gasteiger partial charge is 0.0351 e. The minimum Gasteiger partial charge on any atom is -0.0885 e. The van der Waals surface area contributed by atoms with Crippen molar-refractivity contribution in [2.45, 2.75) is 148 Å². The highest BCUT2D eigenvalue weighted by Gasteiger charge is 1.94. The van der Waals surface area contributed by atoms with Crippen LogP contribution in [0, 0.1) is 13.8 Å². The quantitative estimate of drug-likeness (QED) is 0.123. The van der Waals surface area contributed by atoms with Crippen molar-refractivity contribution in [1.82, 2.24) is 0 Å². The molecule has 0 aromatic heterocycles. The van der Waals surface area contributed by atoms with Crippen LogP contribution >= 0.6 is 0 Å². The number of rotatable bonds is 23. The van der Waals surface area contributed by atoms with Gasteiger partial charge in [-0.25, -0.2) is 0 Å². The van der Waals surface area contributed by atoms with E-state index in [9.17, 15) is 0 Å². The van der Waals surface area contributed by atoms with Crippen molar-refractivity contribution in [2.24, 2.45) is 0 Å². The molecule has 0 heterocycles. The summed E-state index contributed by atoms with van der Waals surface area (Å²) in [6.45, 7) is 7.80. The maximum atomic E-state index is 3.91. The second kappa shape index (κ2) is 25.7. The lowest BCUT2D eigenvalue weighted by atomic mass is 10.0. The van der Waals surface area contributed by atoms with Crippen LogP contribution in [0.4, 0.5) is 0 Å². The molecule has 0 fully saturated rings. The third-order valence-corrected chi connectivity index (χ3v) is 5.66. The topological polar surface area (TPSA) is 0 Å². The first-order valence-electron chi connectivity index (χ1n) is 12.6. The predicted octanol–water partition coefficient (Wildman–Crippen LogP) is 10.2. The average molecular weight is 377 g/mol. The lowest BCUT2D eigenvalue weighted by Crippen LogP contribution is -1.83. The first-order chi connectivity index (χ1) is 13.4. The first kappa shape index (κ1) is 26.7. The van der Waals surface area contributed by atoms with Crippen LogP contribution in [0.5, 0.6) is 0 Å². The summed E-state index contributed by atoms with van der Waals surface area (Å²) in [5, 5.41) is 0. The third kappa shape index (κ3) is 25.7. The number of allylic oxidation sites excluding steroid dienone is 2. The van der Waals surface area contributed by atoms with E-state index in [4.69, 9.17) is 0 Å². The van der Waals surface area contributed by atoms with Gasteiger partial charge in [0.1, 0.15) is 0 Å². The molecule has 0 saturated heterocycles. The number of hydrogen-bond donors (Lipinski definition) is 0. The lowest BCUT2D eigenvalue weighted by molar-refractivity contribution is 0.531. The highest BCUT2D eigenvalue weighted by Crippen LogP contribution is 2.14. The summed E-state index contributed by atoms with van der Waals surface area (Å²) in [7, 11) is 0. The summed E-state index contributed by atoms with van der Waals surface area (Å²) in [5.74, 6) is 0. The molecule has 0 N–H and O–H groups in total. The fraction of sp³-hybridized carbons (Fsp3) is 0.852. The van der Waals surface area contributed by atoms with Crippen LogP contribution in [0.1, 0.15) is 148 Å². The van der Waals surface area contributed by atoms with Crippen LogP contribution in [0.2, 0.25) is 0 Å². The molecule has 0 saturated carbocycles. The molecule has 0 amide bonds. The Labute approximate surface area is 174 Å². The zero-order valence-electron chi connectivity index (χ0n) is 18.8. The van der Waals surface area contributed by atoms with Crippen molar-refractivity contribution in [3.05, 3.63) is 26.0 Å². The van der Waals surface area contributed by atoms with E-state index in [1.165, 1.54) is 135 Å². The highest BCUT2D eigenvalue weighted by atomic mass is 14.0. The predicted molar refractivity (Wildman–Crippen MR) is 126 cm³/mol. The lowest BCUT2D eigenvalue weighted by Gasteiger charge is -2.03. The molecule has 0 aromatic carbocycles. The van der Waals surface area contributed by atoms with Crippen molar-refractivity contribution >= 4 is 0 Å². The van der Waals surface area contributed by atoms with Gasteiger partial charge >= 0.3 is 0 Å². The Morgan fingerprint density at radius 1 is 0.296 bits per heavy atom. The van der Waals surface area contributed by atoms with Crippen LogP contribution in [-0.2, 0) is 0 Å². The maximum absolute atomic E-state index is 3.91. The molecule has 0 aliphatic rings. The molecule has 0 unspecified atom stereocenters. The maximum Gasteiger partial charge on any atom is -0.0351 e. The molecule has 0 nitrogen and oxygen atoms in total. The van der Waals surface area contributed by atoms with E-state index in [0.29, 0.717) is 0 Å². The highest BCUT2D eigenvalue weighted by molar-refractivity contribution is 4.81. The van der Waals surface area contributed by atoms with Gasteiger partial charge in [-0.1, -0.05) is 148 Å². The summed E-state index contributed by atoms with van der Waals surface area (Å²) in [6.07, 6.45) is 36.7. The van der Waals surface area contributed by atoms with Crippen LogP contribution in [-0.4, -0.2) is 0 Å². The van der Waals surface area contributed by atoms with Crippen molar-refractivity contribution in [2.75, 3.05) is 0 Å². The normalized spacial score (nSPS) is 11.6. The van der Waals surface area contributed by atoms with E-state index in [1.54, 1.807) is 0 Å². The molecular formula is C27H52. The molecule has 0 spiro atoms. The van der Waals surface area contributed by atoms with Crippen LogP contribution < -0.4 is 0 Å². The van der Waals surface area contributed by atoms with Gasteiger partial charge in [-0.15, -0.1) is 0 Å². The molecule has 160 valence electrons. The number of hydrogen-bond acceptors (Lipinski definition) is 0. The van der Waals surface area contributed by atoms with Gasteiger partial charge in [-0.3, -0.25) is 0 Å². The monoisotopic (exact) mass is 376 g/mol. The Kier molecular flexibility index (Phi) is 25.5. The van der Waals surface area contributed by atoms with Crippen LogP contribution in [0.25, 0.3) is 0 Å². The van der Waals surface area contributed by atoms with E-state index in [1.807, 2.05) is 0 Å². The van der Waals surface area contributed by atoms with Crippen molar-refractivity contribution in [3.8, 4) is 0 Å². The van der Waals surface area contributed by atoms with Gasteiger partial charge in [0.15, 0.2) is 0 Å². The zero-order chi connectivity index (χ0) is 19.7. The standard InChI is InChI=1S/C27H52/c1-3-5-7-9-11-13-15-17-19-21-23-25-27-26-24-22-20-18-16-14-12-10-8-6-4-2/h15,17H,1-14,16,18-27H2. The summed E-state index contributed by atoms with van der Waals surface area (Å²) in [4.78, 5) is 0. The zero-order valence-corrected chi connectivity index (χ0v) is 18.8. The Morgan fingerprint density at radius 3 is 0.778 bits per heavy atom. The largest absolute Gasteiger partial charge is 0.0885 e. The number of unbranched alkanes of at least 4 members (excludes halogenated alkanes) is 21. The van der Waals surface area contributed by atoms with Gasteiger partial charge in [0.25, 0.3) is 0 Å². The summed E-state index contributed by atoms with van der Waals surface area (Å²) in [5.41, 5.74) is 0. The van der Waals surface area contributed by atoms with Gasteiger partial charge in [0.05, 0.1) is 0 Å². The second-order valence-corrected chi connectivity index (χ2v) is 8.47. The molecule has 0 heteroatoms. The van der Waals surface area contributed by atoms with E-state index in [0.717, 1.165) is 12.8 Å². The first-order valence-corrected chi connectivity index (χ1v) is 12.6. The minimum atomic E-state index is 1.10. The molecule has 0 aromatic rings. The molecule has 2 radical (unpaired) electrons. The summed E-state index contributed by atoms with van der Waals surface area (Å²) in [6, 6.07) is 0. The SMILES string of the molecule is [CH2]CCCCCCC=CCCCCCCCCCCCCCCCCC[CH2]. The van der Waals surface area contributed by atoms with E-state index >= 15 is 0 Å². The van der Waals surface area contributed by atoms with Crippen molar-refractivity contribution < 1.29 is 0 Å². The van der Waals surface area contributed by atoms with Crippen LogP contribution in [0.3, 0.4) is 0 Å². The molecular weight excluding hydrogens is 324 g/mol. The Bertz CT molecular complexity index is 265. The molecule has 0 aliphatic carbocycles. The molecule has 0 bridgehead atoms. The molecule has 0 rings (SSSR count). The summed E-state index contributed by atoms with van der Waals surface area (Å²) >= 11 is 0. The Balaban J connectivity index is 3.02. The third-order valence-electron chi connectivity index (χ3n) is 5.66. The Hall–Kier alpha value is -0.260. The molecule has 27 heavy (non-hydrogen) atoms. The fourth-order valence-electron chi connectivity index (χ4n) is 3.77. The Morgan fingerprint density at radius 2 is 0.519 bits per heavy atom. The second-order valence-electron chi connectivity index (χ2n) is 8.47. The summed E-state index contributed by atoms with van der Waals surface area (Å²) < 4.78 is 0. The van der Waals surface area contributed by atoms with Gasteiger partial charge in [-0.05, 0) is 25.7 Å². The fourth-order valence-corrected chi connectivity index (χ4v) is 3.77. The van der Waals surface area contributed by atoms with Gasteiger partial charge < -0.3 is 0 Å². The minimum absolute atomic E-state index is 1.10.